The molecule has 1 fully saturated rings. The lowest BCUT2D eigenvalue weighted by Crippen LogP contribution is -2.53. The van der Waals surface area contributed by atoms with E-state index in [1.165, 1.54) is 5.56 Å². The lowest BCUT2D eigenvalue weighted by Gasteiger charge is -2.45. The van der Waals surface area contributed by atoms with Crippen molar-refractivity contribution in [2.24, 2.45) is 11.8 Å². The Morgan fingerprint density at radius 1 is 0.912 bits per heavy atom. The van der Waals surface area contributed by atoms with Crippen LogP contribution >= 0.6 is 0 Å². The second-order valence-corrected chi connectivity index (χ2v) is 23.0. The first-order valence-electron chi connectivity index (χ1n) is 13.1. The number of carboxylic acid groups (broad SMARTS) is 1. The van der Waals surface area contributed by atoms with Crippen LogP contribution in [0, 0.1) is 11.8 Å². The molecule has 0 unspecified atom stereocenters. The second-order valence-electron chi connectivity index (χ2n) is 13.5. The van der Waals surface area contributed by atoms with E-state index in [2.05, 4.69) is 92.0 Å². The van der Waals surface area contributed by atoms with E-state index >= 15 is 0 Å². The normalized spacial score (nSPS) is 18.4. The maximum atomic E-state index is 12.3. The van der Waals surface area contributed by atoms with E-state index in [0.29, 0.717) is 12.3 Å². The molecule has 1 N–H and O–H groups in total. The lowest BCUT2D eigenvalue weighted by molar-refractivity contribution is -0.143. The van der Waals surface area contributed by atoms with Gasteiger partial charge in [0.2, 0.25) is 0 Å². The van der Waals surface area contributed by atoms with Gasteiger partial charge in [0, 0.05) is 0 Å². The molecule has 0 amide bonds. The van der Waals surface area contributed by atoms with Gasteiger partial charge in [0.15, 0.2) is 16.6 Å². The summed E-state index contributed by atoms with van der Waals surface area (Å²) in [6.07, 6.45) is 3.92. The molecule has 2 rings (SSSR count). The second kappa shape index (κ2) is 11.0. The summed E-state index contributed by atoms with van der Waals surface area (Å²) in [6, 6.07) is 10.5. The van der Waals surface area contributed by atoms with Crippen LogP contribution < -0.4 is 0 Å². The summed E-state index contributed by atoms with van der Waals surface area (Å²) in [6.45, 7) is 22.6. The quantitative estimate of drug-likeness (QED) is 0.293. The van der Waals surface area contributed by atoms with Gasteiger partial charge in [-0.2, -0.15) is 0 Å². The average Bonchev–Trinajstić information content (AvgIpc) is 3.49. The Balaban J connectivity index is 2.46. The number of rotatable bonds is 12. The van der Waals surface area contributed by atoms with Gasteiger partial charge in [-0.25, -0.2) is 0 Å². The first-order chi connectivity index (χ1) is 15.4. The molecule has 0 radical (unpaired) electrons. The lowest BCUT2D eigenvalue weighted by atomic mass is 9.91. The zero-order chi connectivity index (χ0) is 25.9. The van der Waals surface area contributed by atoms with Crippen molar-refractivity contribution in [3.63, 3.8) is 0 Å². The van der Waals surface area contributed by atoms with Crippen molar-refractivity contribution in [3.05, 3.63) is 35.9 Å². The molecule has 3 atom stereocenters. The molecule has 0 spiro atoms. The van der Waals surface area contributed by atoms with Crippen LogP contribution in [0.3, 0.4) is 0 Å². The van der Waals surface area contributed by atoms with E-state index in [-0.39, 0.29) is 28.2 Å². The smallest absolute Gasteiger partial charge is 0.306 e. The minimum absolute atomic E-state index is 0.0364. The molecule has 0 aromatic heterocycles. The van der Waals surface area contributed by atoms with Gasteiger partial charge in [-0.15, -0.1) is 0 Å². The van der Waals surface area contributed by atoms with E-state index < -0.39 is 22.6 Å². The Labute approximate surface area is 211 Å². The summed E-state index contributed by atoms with van der Waals surface area (Å²) >= 11 is 0. The van der Waals surface area contributed by atoms with E-state index in [1.807, 2.05) is 6.07 Å². The maximum absolute atomic E-state index is 12.3. The van der Waals surface area contributed by atoms with Crippen molar-refractivity contribution in [3.8, 4) is 0 Å². The molecule has 1 aromatic carbocycles. The Bertz CT molecular complexity index is 789. The van der Waals surface area contributed by atoms with Crippen molar-refractivity contribution in [1.29, 1.82) is 0 Å². The van der Waals surface area contributed by atoms with Gasteiger partial charge in [0.25, 0.3) is 0 Å². The molecule has 1 aromatic rings. The van der Waals surface area contributed by atoms with Crippen molar-refractivity contribution in [2.75, 3.05) is 0 Å². The summed E-state index contributed by atoms with van der Waals surface area (Å²) in [4.78, 5) is 12.3. The van der Waals surface area contributed by atoms with Crippen LogP contribution in [0.4, 0.5) is 0 Å². The van der Waals surface area contributed by atoms with Gasteiger partial charge < -0.3 is 14.0 Å². The Kier molecular flexibility index (Phi) is 9.45. The van der Waals surface area contributed by atoms with Crippen LogP contribution in [0.1, 0.15) is 72.8 Å². The molecule has 1 aliphatic rings. The van der Waals surface area contributed by atoms with Crippen LogP contribution in [0.15, 0.2) is 30.3 Å². The van der Waals surface area contributed by atoms with Crippen molar-refractivity contribution < 1.29 is 18.8 Å². The van der Waals surface area contributed by atoms with Crippen LogP contribution in [-0.4, -0.2) is 39.9 Å². The molecule has 194 valence electrons. The molecule has 1 saturated carbocycles. The molecule has 0 heterocycles. The highest BCUT2D eigenvalue weighted by molar-refractivity contribution is 6.74. The molecule has 4 nitrogen and oxygen atoms in total. The van der Waals surface area contributed by atoms with Gasteiger partial charge >= 0.3 is 5.97 Å². The number of hydrogen-bond donors (Lipinski definition) is 1. The summed E-state index contributed by atoms with van der Waals surface area (Å²) in [5.74, 6) is -0.520. The zero-order valence-electron chi connectivity index (χ0n) is 23.4. The molecule has 1 aliphatic carbocycles. The van der Waals surface area contributed by atoms with E-state index in [9.17, 15) is 9.90 Å². The summed E-state index contributed by atoms with van der Waals surface area (Å²) in [5, 5.41) is 10.2. The minimum atomic E-state index is -2.15. The van der Waals surface area contributed by atoms with Crippen molar-refractivity contribution in [1.82, 2.24) is 0 Å². The predicted octanol–water partition coefficient (Wildman–Crippen LogP) is 7.90. The molecule has 6 heteroatoms. The van der Waals surface area contributed by atoms with Crippen molar-refractivity contribution >= 4 is 22.6 Å². The highest BCUT2D eigenvalue weighted by Crippen LogP contribution is 2.43. The Hall–Kier alpha value is -0.956. The van der Waals surface area contributed by atoms with Gasteiger partial charge in [-0.3, -0.25) is 4.79 Å². The minimum Gasteiger partial charge on any atom is -0.481 e. The third-order valence-electron chi connectivity index (χ3n) is 8.38. The number of carbonyl (C=O) groups is 1. The number of aliphatic carboxylic acids is 1. The topological polar surface area (TPSA) is 55.8 Å². The highest BCUT2D eigenvalue weighted by Gasteiger charge is 2.46. The van der Waals surface area contributed by atoms with Gasteiger partial charge in [-0.05, 0) is 67.0 Å². The van der Waals surface area contributed by atoms with E-state index in [1.54, 1.807) is 0 Å². The monoisotopic (exact) mass is 506 g/mol. The third-order valence-corrected chi connectivity index (χ3v) is 17.4. The fraction of sp³-hybridized carbons (Fsp3) is 0.750. The van der Waals surface area contributed by atoms with Crippen LogP contribution in [0.5, 0.6) is 0 Å². The van der Waals surface area contributed by atoms with Gasteiger partial charge in [-0.1, -0.05) is 84.7 Å². The third kappa shape index (κ3) is 8.32. The number of carboxylic acids is 1. The molecule has 0 saturated heterocycles. The molecule has 34 heavy (non-hydrogen) atoms. The summed E-state index contributed by atoms with van der Waals surface area (Å²) in [5.41, 5.74) is 1.21. The van der Waals surface area contributed by atoms with Crippen LogP contribution in [0.25, 0.3) is 0 Å². The number of benzene rings is 1. The highest BCUT2D eigenvalue weighted by atomic mass is 28.4. The molecular weight excluding hydrogens is 456 g/mol. The molecule has 0 bridgehead atoms. The van der Waals surface area contributed by atoms with E-state index in [0.717, 1.165) is 25.7 Å². The first-order valence-corrected chi connectivity index (χ1v) is 18.9. The van der Waals surface area contributed by atoms with Gasteiger partial charge in [0.05, 0.1) is 18.1 Å². The average molecular weight is 507 g/mol. The van der Waals surface area contributed by atoms with Crippen LogP contribution in [-0.2, 0) is 20.1 Å². The predicted molar refractivity (Wildman–Crippen MR) is 147 cm³/mol. The molecular formula is C28H50O4Si2. The molecule has 0 aliphatic heterocycles. The Morgan fingerprint density at radius 2 is 1.38 bits per heavy atom. The fourth-order valence-electron chi connectivity index (χ4n) is 3.82. The Morgan fingerprint density at radius 3 is 1.79 bits per heavy atom. The van der Waals surface area contributed by atoms with Gasteiger partial charge in [0.1, 0.15) is 0 Å². The van der Waals surface area contributed by atoms with E-state index in [4.69, 9.17) is 8.85 Å². The maximum Gasteiger partial charge on any atom is 0.306 e. The summed E-state index contributed by atoms with van der Waals surface area (Å²) in [7, 11) is -4.27. The van der Waals surface area contributed by atoms with Crippen LogP contribution in [0.2, 0.25) is 36.3 Å². The SMILES string of the molecule is CC(C)(C)[Si](C)(C)O[C@@H](C[C@@H](CC1CC1)C(=O)O)[C@@H](Cc1ccccc1)O[Si](C)(C)C(C)(C)C. The largest absolute Gasteiger partial charge is 0.481 e. The zero-order valence-corrected chi connectivity index (χ0v) is 25.4. The first kappa shape index (κ1) is 29.3. The summed E-state index contributed by atoms with van der Waals surface area (Å²) < 4.78 is 14.1. The van der Waals surface area contributed by atoms with Crippen molar-refractivity contribution in [2.45, 2.75) is 122 Å². The number of hydrogen-bond acceptors (Lipinski definition) is 3. The fourth-order valence-corrected chi connectivity index (χ4v) is 6.52. The standard InChI is InChI=1S/C28H50O4Si2/c1-27(2,3)33(7,8)31-24(19-21-14-12-11-13-15-21)25(32-34(9,10)28(4,5)6)20-23(26(29)30)18-22-16-17-22/h11-15,22-25H,16-20H2,1-10H3,(H,29,30)/t23-,24-,25+/m1/s1.